The number of benzene rings is 2. The first-order valence-corrected chi connectivity index (χ1v) is 9.02. The van der Waals surface area contributed by atoms with Gasteiger partial charge in [0.15, 0.2) is 5.65 Å². The second kappa shape index (κ2) is 6.70. The molecule has 0 unspecified atom stereocenters. The van der Waals surface area contributed by atoms with Crippen LogP contribution in [0.5, 0.6) is 0 Å². The Morgan fingerprint density at radius 3 is 2.61 bits per heavy atom. The zero-order valence-electron chi connectivity index (χ0n) is 15.0. The smallest absolute Gasteiger partial charge is 0.263 e. The number of pyridine rings is 2. The standard InChI is InChI=1S/C23H16N4O/c28-23-20-7-3-11-25-22(20)26-15-27(23)14-16-4-1-5-17(12-16)18-8-9-21-19(13-18)6-2-10-24-21/h1-13,15H,14H2. The number of rotatable bonds is 3. The van der Waals surface area contributed by atoms with Crippen LogP contribution < -0.4 is 5.56 Å². The lowest BCUT2D eigenvalue weighted by atomic mass is 10.0. The van der Waals surface area contributed by atoms with Crippen LogP contribution in [-0.4, -0.2) is 19.5 Å². The Morgan fingerprint density at radius 2 is 1.64 bits per heavy atom. The maximum Gasteiger partial charge on any atom is 0.263 e. The van der Waals surface area contributed by atoms with Crippen LogP contribution in [0.3, 0.4) is 0 Å². The number of nitrogens with zero attached hydrogens (tertiary/aromatic N) is 4. The maximum atomic E-state index is 12.7. The lowest BCUT2D eigenvalue weighted by molar-refractivity contribution is 0.747. The van der Waals surface area contributed by atoms with E-state index in [0.717, 1.165) is 27.6 Å². The summed E-state index contributed by atoms with van der Waals surface area (Å²) in [6.07, 6.45) is 5.00. The van der Waals surface area contributed by atoms with E-state index < -0.39 is 0 Å². The molecule has 0 saturated carbocycles. The summed E-state index contributed by atoms with van der Waals surface area (Å²) < 4.78 is 1.62. The van der Waals surface area contributed by atoms with Gasteiger partial charge in [0.1, 0.15) is 6.33 Å². The van der Waals surface area contributed by atoms with Crippen LogP contribution in [0.2, 0.25) is 0 Å². The molecule has 0 aliphatic heterocycles. The highest BCUT2D eigenvalue weighted by atomic mass is 16.1. The van der Waals surface area contributed by atoms with Crippen LogP contribution in [0, 0.1) is 0 Å². The van der Waals surface area contributed by atoms with Gasteiger partial charge in [-0.2, -0.15) is 0 Å². The predicted molar refractivity (Wildman–Crippen MR) is 110 cm³/mol. The SMILES string of the molecule is O=c1c2cccnc2ncn1Cc1cccc(-c2ccc3ncccc3c2)c1. The van der Waals surface area contributed by atoms with E-state index in [1.807, 2.05) is 24.3 Å². The van der Waals surface area contributed by atoms with Crippen LogP contribution in [0.15, 0.2) is 90.2 Å². The molecular weight excluding hydrogens is 348 g/mol. The molecule has 2 aromatic carbocycles. The fourth-order valence-electron chi connectivity index (χ4n) is 3.41. The predicted octanol–water partition coefficient (Wildman–Crippen LogP) is 4.06. The van der Waals surface area contributed by atoms with Crippen LogP contribution in [0.4, 0.5) is 0 Å². The van der Waals surface area contributed by atoms with Crippen LogP contribution in [0.25, 0.3) is 33.1 Å². The Labute approximate surface area is 161 Å². The fraction of sp³-hybridized carbons (Fsp3) is 0.0435. The molecule has 0 amide bonds. The van der Waals surface area contributed by atoms with Crippen LogP contribution in [0.1, 0.15) is 5.56 Å². The van der Waals surface area contributed by atoms with Gasteiger partial charge in [-0.15, -0.1) is 0 Å². The third-order valence-corrected chi connectivity index (χ3v) is 4.81. The topological polar surface area (TPSA) is 60.7 Å². The summed E-state index contributed by atoms with van der Waals surface area (Å²) in [5.74, 6) is 0. The first-order chi connectivity index (χ1) is 13.8. The Kier molecular flexibility index (Phi) is 3.91. The molecule has 0 bridgehead atoms. The van der Waals surface area contributed by atoms with E-state index in [4.69, 9.17) is 0 Å². The quantitative estimate of drug-likeness (QED) is 0.484. The third-order valence-electron chi connectivity index (χ3n) is 4.81. The van der Waals surface area contributed by atoms with Gasteiger partial charge < -0.3 is 0 Å². The van der Waals surface area contributed by atoms with Gasteiger partial charge in [-0.05, 0) is 53.1 Å². The van der Waals surface area contributed by atoms with Crippen molar-refractivity contribution < 1.29 is 0 Å². The van der Waals surface area contributed by atoms with Crippen molar-refractivity contribution >= 4 is 21.9 Å². The maximum absolute atomic E-state index is 12.7. The molecule has 0 aliphatic rings. The lowest BCUT2D eigenvalue weighted by Gasteiger charge is -2.09. The monoisotopic (exact) mass is 364 g/mol. The van der Waals surface area contributed by atoms with Gasteiger partial charge >= 0.3 is 0 Å². The van der Waals surface area contributed by atoms with Crippen molar-refractivity contribution in [3.05, 3.63) is 101 Å². The molecule has 0 aliphatic carbocycles. The molecule has 28 heavy (non-hydrogen) atoms. The fourth-order valence-corrected chi connectivity index (χ4v) is 3.41. The molecule has 0 fully saturated rings. The van der Waals surface area contributed by atoms with Gasteiger partial charge in [-0.25, -0.2) is 9.97 Å². The molecule has 5 rings (SSSR count). The Balaban J connectivity index is 1.52. The summed E-state index contributed by atoms with van der Waals surface area (Å²) in [7, 11) is 0. The van der Waals surface area contributed by atoms with Crippen molar-refractivity contribution in [1.82, 2.24) is 19.5 Å². The zero-order valence-corrected chi connectivity index (χ0v) is 15.0. The highest BCUT2D eigenvalue weighted by Crippen LogP contribution is 2.24. The van der Waals surface area contributed by atoms with Gasteiger partial charge in [-0.3, -0.25) is 14.3 Å². The number of hydrogen-bond donors (Lipinski definition) is 0. The molecule has 134 valence electrons. The van der Waals surface area contributed by atoms with Gasteiger partial charge in [0.2, 0.25) is 0 Å². The largest absolute Gasteiger partial charge is 0.294 e. The van der Waals surface area contributed by atoms with Crippen LogP contribution in [-0.2, 0) is 6.54 Å². The average Bonchev–Trinajstić information content (AvgIpc) is 2.76. The first kappa shape index (κ1) is 16.3. The molecule has 5 heteroatoms. The van der Waals surface area contributed by atoms with Gasteiger partial charge in [0.05, 0.1) is 17.4 Å². The highest BCUT2D eigenvalue weighted by molar-refractivity contribution is 5.84. The molecule has 3 heterocycles. The molecule has 0 N–H and O–H groups in total. The van der Waals surface area contributed by atoms with Gasteiger partial charge in [0.25, 0.3) is 5.56 Å². The minimum atomic E-state index is -0.0831. The van der Waals surface area contributed by atoms with Crippen molar-refractivity contribution in [2.24, 2.45) is 0 Å². The van der Waals surface area contributed by atoms with E-state index in [1.165, 1.54) is 0 Å². The zero-order chi connectivity index (χ0) is 18.9. The summed E-state index contributed by atoms with van der Waals surface area (Å²) in [6.45, 7) is 0.458. The summed E-state index contributed by atoms with van der Waals surface area (Å²) in [4.78, 5) is 25.5. The molecule has 0 spiro atoms. The summed E-state index contributed by atoms with van der Waals surface area (Å²) in [6, 6.07) is 22.0. The highest BCUT2D eigenvalue weighted by Gasteiger charge is 2.06. The van der Waals surface area contributed by atoms with Gasteiger partial charge in [0, 0.05) is 17.8 Å². The van der Waals surface area contributed by atoms with Crippen molar-refractivity contribution in [3.63, 3.8) is 0 Å². The molecule has 5 aromatic rings. The van der Waals surface area contributed by atoms with E-state index in [0.29, 0.717) is 17.6 Å². The lowest BCUT2D eigenvalue weighted by Crippen LogP contribution is -2.21. The minimum absolute atomic E-state index is 0.0831. The van der Waals surface area contributed by atoms with E-state index >= 15 is 0 Å². The van der Waals surface area contributed by atoms with Gasteiger partial charge in [-0.1, -0.05) is 30.3 Å². The molecular formula is C23H16N4O. The number of fused-ring (bicyclic) bond motifs is 2. The third kappa shape index (κ3) is 2.93. The van der Waals surface area contributed by atoms with Crippen molar-refractivity contribution in [2.75, 3.05) is 0 Å². The average molecular weight is 364 g/mol. The molecule has 3 aromatic heterocycles. The molecule has 0 saturated heterocycles. The normalized spacial score (nSPS) is 11.1. The summed E-state index contributed by atoms with van der Waals surface area (Å²) in [5.41, 5.74) is 4.63. The molecule has 0 radical (unpaired) electrons. The van der Waals surface area contributed by atoms with Crippen molar-refractivity contribution in [2.45, 2.75) is 6.54 Å². The summed E-state index contributed by atoms with van der Waals surface area (Å²) in [5, 5.41) is 1.64. The Morgan fingerprint density at radius 1 is 0.786 bits per heavy atom. The molecule has 5 nitrogen and oxygen atoms in total. The van der Waals surface area contributed by atoms with E-state index in [2.05, 4.69) is 45.3 Å². The number of hydrogen-bond acceptors (Lipinski definition) is 4. The second-order valence-electron chi connectivity index (χ2n) is 6.66. The second-order valence-corrected chi connectivity index (χ2v) is 6.66. The summed E-state index contributed by atoms with van der Waals surface area (Å²) >= 11 is 0. The minimum Gasteiger partial charge on any atom is -0.294 e. The van der Waals surface area contributed by atoms with Crippen molar-refractivity contribution in [3.8, 4) is 11.1 Å². The van der Waals surface area contributed by atoms with E-state index in [9.17, 15) is 4.79 Å². The first-order valence-electron chi connectivity index (χ1n) is 9.02. The van der Waals surface area contributed by atoms with E-state index in [1.54, 1.807) is 35.4 Å². The van der Waals surface area contributed by atoms with Crippen molar-refractivity contribution in [1.29, 1.82) is 0 Å². The Hall–Kier alpha value is -3.86. The molecule has 0 atom stereocenters. The number of aromatic nitrogens is 4. The van der Waals surface area contributed by atoms with E-state index in [-0.39, 0.29) is 5.56 Å². The van der Waals surface area contributed by atoms with Crippen LogP contribution >= 0.6 is 0 Å². The Bertz CT molecular complexity index is 1370.